The van der Waals surface area contributed by atoms with Crippen LogP contribution in [-0.4, -0.2) is 36.7 Å². The zero-order valence-corrected chi connectivity index (χ0v) is 14.2. The average Bonchev–Trinajstić information content (AvgIpc) is 3.14. The third-order valence-electron chi connectivity index (χ3n) is 4.18. The molecule has 2 aromatic rings. The van der Waals surface area contributed by atoms with E-state index >= 15 is 0 Å². The third kappa shape index (κ3) is 3.68. The zero-order valence-electron chi connectivity index (χ0n) is 13.4. The molecule has 1 aromatic carbocycles. The van der Waals surface area contributed by atoms with Gasteiger partial charge in [0, 0.05) is 37.6 Å². The van der Waals surface area contributed by atoms with E-state index in [0.29, 0.717) is 25.2 Å². The highest BCUT2D eigenvalue weighted by Crippen LogP contribution is 2.20. The molecule has 1 fully saturated rings. The van der Waals surface area contributed by atoms with Gasteiger partial charge in [-0.1, -0.05) is 6.42 Å². The maximum Gasteiger partial charge on any atom is 0.251 e. The summed E-state index contributed by atoms with van der Waals surface area (Å²) >= 11 is 0. The molecule has 0 atom stereocenters. The second-order valence-corrected chi connectivity index (χ2v) is 7.83. The minimum atomic E-state index is -3.45. The molecule has 1 saturated heterocycles. The van der Waals surface area contributed by atoms with Crippen LogP contribution in [0.25, 0.3) is 0 Å². The topological polar surface area (TPSA) is 82.3 Å². The lowest BCUT2D eigenvalue weighted by atomic mass is 10.2. The van der Waals surface area contributed by atoms with Gasteiger partial charge in [0.15, 0.2) is 0 Å². The molecule has 1 aliphatic heterocycles. The Hall–Kier alpha value is -2.12. The maximum absolute atomic E-state index is 12.6. The Morgan fingerprint density at radius 3 is 2.42 bits per heavy atom. The van der Waals surface area contributed by atoms with Crippen molar-refractivity contribution in [3.8, 4) is 0 Å². The standard InChI is InChI=1S/C17H21N3O3S/c21-17(19-13-14-8-9-18-12-14)15-4-6-16(7-5-15)24(22,23)20-10-2-1-3-11-20/h4-9,12,18H,1-3,10-11,13H2,(H,19,21). The number of hydrogen-bond acceptors (Lipinski definition) is 3. The van der Waals surface area contributed by atoms with Crippen molar-refractivity contribution < 1.29 is 13.2 Å². The second-order valence-electron chi connectivity index (χ2n) is 5.89. The van der Waals surface area contributed by atoms with Crippen molar-refractivity contribution in [2.24, 2.45) is 0 Å². The van der Waals surface area contributed by atoms with Gasteiger partial charge in [0.2, 0.25) is 10.0 Å². The number of carbonyl (C=O) groups is 1. The molecular weight excluding hydrogens is 326 g/mol. The highest BCUT2D eigenvalue weighted by atomic mass is 32.2. The summed E-state index contributed by atoms with van der Waals surface area (Å²) in [5, 5.41) is 2.80. The van der Waals surface area contributed by atoms with E-state index in [1.165, 1.54) is 16.4 Å². The number of nitrogens with zero attached hydrogens (tertiary/aromatic N) is 1. The zero-order chi connectivity index (χ0) is 17.0. The van der Waals surface area contributed by atoms with Gasteiger partial charge in [0.1, 0.15) is 0 Å². The molecule has 7 heteroatoms. The summed E-state index contributed by atoms with van der Waals surface area (Å²) in [7, 11) is -3.45. The van der Waals surface area contributed by atoms with Crippen molar-refractivity contribution >= 4 is 15.9 Å². The van der Waals surface area contributed by atoms with Crippen molar-refractivity contribution in [2.75, 3.05) is 13.1 Å². The lowest BCUT2D eigenvalue weighted by molar-refractivity contribution is 0.0951. The minimum absolute atomic E-state index is 0.224. The Labute approximate surface area is 141 Å². The van der Waals surface area contributed by atoms with Gasteiger partial charge in [-0.2, -0.15) is 4.31 Å². The second kappa shape index (κ2) is 7.19. The van der Waals surface area contributed by atoms with E-state index in [2.05, 4.69) is 10.3 Å². The third-order valence-corrected chi connectivity index (χ3v) is 6.10. The Morgan fingerprint density at radius 1 is 1.08 bits per heavy atom. The lowest BCUT2D eigenvalue weighted by Crippen LogP contribution is -2.35. The summed E-state index contributed by atoms with van der Waals surface area (Å²) < 4.78 is 26.7. The van der Waals surface area contributed by atoms with Crippen molar-refractivity contribution in [3.05, 3.63) is 53.9 Å². The van der Waals surface area contributed by atoms with Crippen LogP contribution in [0.4, 0.5) is 0 Å². The van der Waals surface area contributed by atoms with Crippen LogP contribution in [0.2, 0.25) is 0 Å². The van der Waals surface area contributed by atoms with Gasteiger partial charge in [-0.05, 0) is 48.7 Å². The van der Waals surface area contributed by atoms with E-state index in [-0.39, 0.29) is 10.8 Å². The van der Waals surface area contributed by atoms with Gasteiger partial charge >= 0.3 is 0 Å². The number of H-pyrrole nitrogens is 1. The van der Waals surface area contributed by atoms with Gasteiger partial charge in [0.25, 0.3) is 5.91 Å². The molecule has 1 aromatic heterocycles. The molecule has 128 valence electrons. The van der Waals surface area contributed by atoms with Gasteiger partial charge in [-0.25, -0.2) is 8.42 Å². The normalized spacial score (nSPS) is 16.0. The van der Waals surface area contributed by atoms with Crippen LogP contribution in [0, 0.1) is 0 Å². The molecule has 0 spiro atoms. The molecule has 3 rings (SSSR count). The quantitative estimate of drug-likeness (QED) is 0.869. The van der Waals surface area contributed by atoms with Crippen molar-refractivity contribution in [3.63, 3.8) is 0 Å². The highest BCUT2D eigenvalue weighted by molar-refractivity contribution is 7.89. The minimum Gasteiger partial charge on any atom is -0.367 e. The number of amides is 1. The first-order valence-corrected chi connectivity index (χ1v) is 9.51. The molecular formula is C17H21N3O3S. The highest BCUT2D eigenvalue weighted by Gasteiger charge is 2.25. The molecule has 0 radical (unpaired) electrons. The average molecular weight is 347 g/mol. The number of rotatable bonds is 5. The van der Waals surface area contributed by atoms with E-state index in [1.54, 1.807) is 18.3 Å². The summed E-state index contributed by atoms with van der Waals surface area (Å²) in [6.45, 7) is 1.57. The summed E-state index contributed by atoms with van der Waals surface area (Å²) in [6.07, 6.45) is 6.49. The predicted molar refractivity (Wildman–Crippen MR) is 91.0 cm³/mol. The van der Waals surface area contributed by atoms with Crippen LogP contribution >= 0.6 is 0 Å². The molecule has 1 aliphatic rings. The number of piperidine rings is 1. The molecule has 24 heavy (non-hydrogen) atoms. The van der Waals surface area contributed by atoms with Crippen LogP contribution < -0.4 is 5.32 Å². The first-order valence-electron chi connectivity index (χ1n) is 8.07. The summed E-state index contributed by atoms with van der Waals surface area (Å²) in [5.74, 6) is -0.224. The summed E-state index contributed by atoms with van der Waals surface area (Å²) in [5.41, 5.74) is 1.43. The maximum atomic E-state index is 12.6. The molecule has 0 aliphatic carbocycles. The number of aromatic nitrogens is 1. The number of nitrogens with one attached hydrogen (secondary N) is 2. The fourth-order valence-corrected chi connectivity index (χ4v) is 4.30. The molecule has 0 saturated carbocycles. The van der Waals surface area contributed by atoms with Crippen LogP contribution in [-0.2, 0) is 16.6 Å². The number of carbonyl (C=O) groups excluding carboxylic acids is 1. The smallest absolute Gasteiger partial charge is 0.251 e. The number of aromatic amines is 1. The molecule has 1 amide bonds. The fourth-order valence-electron chi connectivity index (χ4n) is 2.79. The van der Waals surface area contributed by atoms with Crippen LogP contribution in [0.3, 0.4) is 0 Å². The molecule has 6 nitrogen and oxygen atoms in total. The van der Waals surface area contributed by atoms with Crippen LogP contribution in [0.15, 0.2) is 47.6 Å². The van der Waals surface area contributed by atoms with Crippen molar-refractivity contribution in [1.29, 1.82) is 0 Å². The van der Waals surface area contributed by atoms with Gasteiger partial charge in [-0.15, -0.1) is 0 Å². The predicted octanol–water partition coefficient (Wildman–Crippen LogP) is 2.12. The first kappa shape index (κ1) is 16.7. The van der Waals surface area contributed by atoms with Crippen LogP contribution in [0.1, 0.15) is 35.2 Å². The van der Waals surface area contributed by atoms with Gasteiger partial charge in [-0.3, -0.25) is 4.79 Å². The monoisotopic (exact) mass is 347 g/mol. The van der Waals surface area contributed by atoms with Crippen molar-refractivity contribution in [2.45, 2.75) is 30.7 Å². The first-order chi connectivity index (χ1) is 11.6. The Morgan fingerprint density at radius 2 is 1.79 bits per heavy atom. The van der Waals surface area contributed by atoms with Gasteiger partial charge < -0.3 is 10.3 Å². The Kier molecular flexibility index (Phi) is 5.01. The van der Waals surface area contributed by atoms with Crippen LogP contribution in [0.5, 0.6) is 0 Å². The van der Waals surface area contributed by atoms with Crippen molar-refractivity contribution in [1.82, 2.24) is 14.6 Å². The van der Waals surface area contributed by atoms with E-state index < -0.39 is 10.0 Å². The summed E-state index contributed by atoms with van der Waals surface area (Å²) in [6, 6.07) is 8.02. The van der Waals surface area contributed by atoms with Gasteiger partial charge in [0.05, 0.1) is 4.90 Å². The van der Waals surface area contributed by atoms with E-state index in [4.69, 9.17) is 0 Å². The van der Waals surface area contributed by atoms with E-state index in [9.17, 15) is 13.2 Å². The molecule has 2 heterocycles. The lowest BCUT2D eigenvalue weighted by Gasteiger charge is -2.25. The summed E-state index contributed by atoms with van der Waals surface area (Å²) in [4.78, 5) is 15.3. The SMILES string of the molecule is O=C(NCc1cc[nH]c1)c1ccc(S(=O)(=O)N2CCCCC2)cc1. The molecule has 2 N–H and O–H groups in total. The molecule has 0 bridgehead atoms. The fraction of sp³-hybridized carbons (Fsp3) is 0.353. The largest absolute Gasteiger partial charge is 0.367 e. The van der Waals surface area contributed by atoms with E-state index in [1.807, 2.05) is 12.3 Å². The number of hydrogen-bond donors (Lipinski definition) is 2. The molecule has 0 unspecified atom stereocenters. The number of sulfonamides is 1. The van der Waals surface area contributed by atoms with E-state index in [0.717, 1.165) is 24.8 Å². The Balaban J connectivity index is 1.67. The number of benzene rings is 1. The Bertz CT molecular complexity index is 777.